The first-order valence-corrected chi connectivity index (χ1v) is 4.62. The number of hydrogen-bond acceptors (Lipinski definition) is 4. The molecule has 0 spiro atoms. The van der Waals surface area contributed by atoms with Gasteiger partial charge >= 0.3 is 0 Å². The Morgan fingerprint density at radius 2 is 2.25 bits per heavy atom. The van der Waals surface area contributed by atoms with E-state index in [4.69, 9.17) is 19.9 Å². The Kier molecular flexibility index (Phi) is 4.04. The van der Waals surface area contributed by atoms with E-state index in [1.807, 2.05) is 12.1 Å². The van der Waals surface area contributed by atoms with Crippen LogP contribution in [-0.4, -0.2) is 13.9 Å². The normalized spacial score (nSPS) is 13.9. The van der Waals surface area contributed by atoms with Crippen LogP contribution in [0.3, 0.4) is 0 Å². The molecule has 0 amide bonds. The highest BCUT2D eigenvalue weighted by Crippen LogP contribution is 2.42. The first-order valence-electron chi connectivity index (χ1n) is 4.62. The zero-order valence-corrected chi connectivity index (χ0v) is 9.75. The zero-order chi connectivity index (χ0) is 10.8. The summed E-state index contributed by atoms with van der Waals surface area (Å²) in [4.78, 5) is 0. The minimum atomic E-state index is -0.228. The fourth-order valence-corrected chi connectivity index (χ4v) is 1.48. The van der Waals surface area contributed by atoms with Crippen LogP contribution in [0.5, 0.6) is 17.2 Å². The molecule has 2 rings (SSSR count). The highest BCUT2D eigenvalue weighted by Gasteiger charge is 2.21. The predicted molar refractivity (Wildman–Crippen MR) is 63.5 cm³/mol. The lowest BCUT2D eigenvalue weighted by Gasteiger charge is -2.10. The molecule has 0 unspecified atom stereocenters. The predicted octanol–water partition coefficient (Wildman–Crippen LogP) is 2.03. The topological polar surface area (TPSA) is 53.7 Å². The van der Waals surface area contributed by atoms with Gasteiger partial charge in [0, 0.05) is 6.04 Å². The summed E-state index contributed by atoms with van der Waals surface area (Å²) in [5.74, 6) is 1.94. The fraction of sp³-hybridized carbons (Fsp3) is 0.273. The van der Waals surface area contributed by atoms with E-state index in [-0.39, 0.29) is 25.2 Å². The van der Waals surface area contributed by atoms with Gasteiger partial charge in [-0.15, -0.1) is 19.0 Å². The van der Waals surface area contributed by atoms with E-state index in [9.17, 15) is 0 Å². The average molecular weight is 244 g/mol. The molecule has 0 aromatic heterocycles. The Morgan fingerprint density at radius 1 is 1.50 bits per heavy atom. The van der Waals surface area contributed by atoms with Crippen molar-refractivity contribution in [2.24, 2.45) is 5.73 Å². The second-order valence-electron chi connectivity index (χ2n) is 3.22. The van der Waals surface area contributed by atoms with Gasteiger partial charge in [-0.25, -0.2) is 0 Å². The van der Waals surface area contributed by atoms with Crippen molar-refractivity contribution in [3.05, 3.63) is 30.4 Å². The largest absolute Gasteiger partial charge is 0.493 e. The van der Waals surface area contributed by atoms with Crippen molar-refractivity contribution in [1.82, 2.24) is 0 Å². The van der Waals surface area contributed by atoms with Gasteiger partial charge in [0.15, 0.2) is 11.5 Å². The van der Waals surface area contributed by atoms with Crippen molar-refractivity contribution in [3.8, 4) is 17.2 Å². The van der Waals surface area contributed by atoms with Crippen molar-refractivity contribution in [1.29, 1.82) is 0 Å². The number of hydrogen-bond donors (Lipinski definition) is 1. The summed E-state index contributed by atoms with van der Waals surface area (Å²) in [6.07, 6.45) is 1.66. The van der Waals surface area contributed by atoms with Crippen molar-refractivity contribution in [2.75, 3.05) is 13.9 Å². The SMILES string of the molecule is C=C[C@@H](N)c1cc(OC)c2c(c1)OCO2.Cl. The van der Waals surface area contributed by atoms with Crippen LogP contribution < -0.4 is 19.9 Å². The van der Waals surface area contributed by atoms with Crippen LogP contribution in [0.15, 0.2) is 24.8 Å². The lowest BCUT2D eigenvalue weighted by Crippen LogP contribution is -2.06. The summed E-state index contributed by atoms with van der Waals surface area (Å²) in [6.45, 7) is 3.87. The second-order valence-corrected chi connectivity index (χ2v) is 3.22. The minimum Gasteiger partial charge on any atom is -0.493 e. The molecule has 0 saturated carbocycles. The molecular weight excluding hydrogens is 230 g/mol. The molecule has 0 saturated heterocycles. The first kappa shape index (κ1) is 12.7. The number of methoxy groups -OCH3 is 1. The third kappa shape index (κ3) is 2.08. The number of benzene rings is 1. The molecule has 0 fully saturated rings. The van der Waals surface area contributed by atoms with Crippen LogP contribution in [0.1, 0.15) is 11.6 Å². The Labute approximate surface area is 100 Å². The van der Waals surface area contributed by atoms with Crippen molar-refractivity contribution < 1.29 is 14.2 Å². The molecule has 1 aromatic rings. The Morgan fingerprint density at radius 3 is 2.88 bits per heavy atom. The van der Waals surface area contributed by atoms with Crippen molar-refractivity contribution in [3.63, 3.8) is 0 Å². The molecular formula is C11H14ClNO3. The van der Waals surface area contributed by atoms with Gasteiger partial charge in [0.05, 0.1) is 7.11 Å². The van der Waals surface area contributed by atoms with E-state index < -0.39 is 0 Å². The molecule has 1 aromatic carbocycles. The Bertz CT molecular complexity index is 395. The van der Waals surface area contributed by atoms with Crippen LogP contribution in [0.2, 0.25) is 0 Å². The van der Waals surface area contributed by atoms with Gasteiger partial charge < -0.3 is 19.9 Å². The maximum absolute atomic E-state index is 5.84. The van der Waals surface area contributed by atoms with Gasteiger partial charge in [-0.3, -0.25) is 0 Å². The summed E-state index contributed by atoms with van der Waals surface area (Å²) in [6, 6.07) is 3.45. The average Bonchev–Trinajstić information content (AvgIpc) is 2.74. The van der Waals surface area contributed by atoms with E-state index in [0.717, 1.165) is 5.56 Å². The maximum atomic E-state index is 5.84. The van der Waals surface area contributed by atoms with E-state index in [2.05, 4.69) is 6.58 Å². The van der Waals surface area contributed by atoms with Gasteiger partial charge in [0.25, 0.3) is 0 Å². The van der Waals surface area contributed by atoms with Crippen LogP contribution in [0.25, 0.3) is 0 Å². The Balaban J connectivity index is 0.00000128. The molecule has 88 valence electrons. The second kappa shape index (κ2) is 5.09. The van der Waals surface area contributed by atoms with Gasteiger partial charge in [-0.2, -0.15) is 0 Å². The molecule has 4 nitrogen and oxygen atoms in total. The van der Waals surface area contributed by atoms with Crippen molar-refractivity contribution in [2.45, 2.75) is 6.04 Å². The molecule has 0 aliphatic carbocycles. The monoisotopic (exact) mass is 243 g/mol. The van der Waals surface area contributed by atoms with Gasteiger partial charge in [0.2, 0.25) is 12.5 Å². The fourth-order valence-electron chi connectivity index (χ4n) is 1.48. The standard InChI is InChI=1S/C11H13NO3.ClH/c1-3-8(12)7-4-9(13-2)11-10(5-7)14-6-15-11;/h3-5,8H,1,6,12H2,2H3;1H/t8-;/m1./s1. The van der Waals surface area contributed by atoms with Crippen LogP contribution in [0.4, 0.5) is 0 Å². The summed E-state index contributed by atoms with van der Waals surface area (Å²) in [5, 5.41) is 0. The zero-order valence-electron chi connectivity index (χ0n) is 8.93. The molecule has 0 radical (unpaired) electrons. The number of rotatable bonds is 3. The van der Waals surface area contributed by atoms with Crippen LogP contribution in [0, 0.1) is 0 Å². The lowest BCUT2D eigenvalue weighted by atomic mass is 10.1. The summed E-state index contributed by atoms with van der Waals surface area (Å²) >= 11 is 0. The molecule has 5 heteroatoms. The van der Waals surface area contributed by atoms with Gasteiger partial charge in [0.1, 0.15) is 0 Å². The molecule has 0 bridgehead atoms. The van der Waals surface area contributed by atoms with E-state index in [1.165, 1.54) is 0 Å². The number of fused-ring (bicyclic) bond motifs is 1. The number of nitrogens with two attached hydrogens (primary N) is 1. The highest BCUT2D eigenvalue weighted by atomic mass is 35.5. The summed E-state index contributed by atoms with van der Waals surface area (Å²) in [7, 11) is 1.58. The molecule has 1 atom stereocenters. The van der Waals surface area contributed by atoms with E-state index in [1.54, 1.807) is 13.2 Å². The molecule has 1 aliphatic rings. The summed E-state index contributed by atoms with van der Waals surface area (Å²) < 4.78 is 15.8. The van der Waals surface area contributed by atoms with Crippen LogP contribution in [-0.2, 0) is 0 Å². The first-order chi connectivity index (χ1) is 7.26. The van der Waals surface area contributed by atoms with Crippen molar-refractivity contribution >= 4 is 12.4 Å². The van der Waals surface area contributed by atoms with E-state index >= 15 is 0 Å². The molecule has 16 heavy (non-hydrogen) atoms. The third-order valence-electron chi connectivity index (χ3n) is 2.32. The minimum absolute atomic E-state index is 0. The Hall–Kier alpha value is -1.39. The number of ether oxygens (including phenoxy) is 3. The molecule has 1 heterocycles. The quantitative estimate of drug-likeness (QED) is 0.826. The summed E-state index contributed by atoms with van der Waals surface area (Å²) in [5.41, 5.74) is 6.74. The van der Waals surface area contributed by atoms with Crippen LogP contribution >= 0.6 is 12.4 Å². The molecule has 2 N–H and O–H groups in total. The number of halogens is 1. The lowest BCUT2D eigenvalue weighted by molar-refractivity contribution is 0.171. The van der Waals surface area contributed by atoms with Gasteiger partial charge in [-0.1, -0.05) is 6.08 Å². The highest BCUT2D eigenvalue weighted by molar-refractivity contribution is 5.85. The molecule has 1 aliphatic heterocycles. The third-order valence-corrected chi connectivity index (χ3v) is 2.32. The van der Waals surface area contributed by atoms with E-state index in [0.29, 0.717) is 17.2 Å². The smallest absolute Gasteiger partial charge is 0.231 e. The van der Waals surface area contributed by atoms with Gasteiger partial charge in [-0.05, 0) is 17.7 Å². The maximum Gasteiger partial charge on any atom is 0.231 e.